The molecule has 3 heterocycles. The first-order valence-electron chi connectivity index (χ1n) is 11.5. The maximum Gasteiger partial charge on any atom is 0.272 e. The Hall–Kier alpha value is -3.39. The van der Waals surface area contributed by atoms with Gasteiger partial charge in [-0.3, -0.25) is 4.79 Å². The molecule has 2 fully saturated rings. The maximum atomic E-state index is 12.9. The molecule has 0 radical (unpaired) electrons. The van der Waals surface area contributed by atoms with Crippen molar-refractivity contribution in [1.82, 2.24) is 15.5 Å². The Kier molecular flexibility index (Phi) is 6.26. The highest BCUT2D eigenvalue weighted by molar-refractivity contribution is 6.07. The number of piperazine rings is 1. The van der Waals surface area contributed by atoms with Crippen molar-refractivity contribution >= 4 is 28.2 Å². The minimum atomic E-state index is -0.204. The van der Waals surface area contributed by atoms with E-state index in [2.05, 4.69) is 37.4 Å². The number of hydrogen-bond acceptors (Lipinski definition) is 7. The van der Waals surface area contributed by atoms with Crippen molar-refractivity contribution in [1.29, 1.82) is 0 Å². The van der Waals surface area contributed by atoms with Crippen LogP contribution in [0.25, 0.3) is 10.8 Å². The molecule has 1 amide bonds. The number of hydrogen-bond donors (Lipinski definition) is 1. The smallest absolute Gasteiger partial charge is 0.272 e. The highest BCUT2D eigenvalue weighted by atomic mass is 16.5. The minimum absolute atomic E-state index is 0.0921. The van der Waals surface area contributed by atoms with E-state index >= 15 is 0 Å². The van der Waals surface area contributed by atoms with Gasteiger partial charge in [0.1, 0.15) is 5.75 Å². The maximum absolute atomic E-state index is 12.9. The van der Waals surface area contributed by atoms with E-state index in [4.69, 9.17) is 9.47 Å². The molecule has 3 aromatic rings. The van der Waals surface area contributed by atoms with Gasteiger partial charge in [-0.1, -0.05) is 24.3 Å². The van der Waals surface area contributed by atoms with Gasteiger partial charge in [-0.15, -0.1) is 10.2 Å². The SMILES string of the molecule is COc1ccc(N2CCN(c3nnc(C(=O)NCC4CCCO4)c4ccccc34)CC2)cc1. The first-order chi connectivity index (χ1) is 16.2. The summed E-state index contributed by atoms with van der Waals surface area (Å²) in [6.07, 6.45) is 2.12. The van der Waals surface area contributed by atoms with Crippen molar-refractivity contribution in [2.45, 2.75) is 18.9 Å². The van der Waals surface area contributed by atoms with Gasteiger partial charge in [-0.2, -0.15) is 0 Å². The van der Waals surface area contributed by atoms with Gasteiger partial charge in [-0.05, 0) is 37.1 Å². The quantitative estimate of drug-likeness (QED) is 0.622. The van der Waals surface area contributed by atoms with Gasteiger partial charge in [0.2, 0.25) is 0 Å². The van der Waals surface area contributed by atoms with Crippen LogP contribution in [0.4, 0.5) is 11.5 Å². The molecule has 0 bridgehead atoms. The number of amides is 1. The topological polar surface area (TPSA) is 79.8 Å². The molecule has 0 saturated carbocycles. The van der Waals surface area contributed by atoms with Gasteiger partial charge >= 0.3 is 0 Å². The molecule has 2 saturated heterocycles. The molecule has 8 heteroatoms. The van der Waals surface area contributed by atoms with E-state index in [1.54, 1.807) is 7.11 Å². The third-order valence-electron chi connectivity index (χ3n) is 6.41. The zero-order valence-electron chi connectivity index (χ0n) is 18.9. The van der Waals surface area contributed by atoms with Crippen LogP contribution in [0.5, 0.6) is 5.75 Å². The first-order valence-corrected chi connectivity index (χ1v) is 11.5. The van der Waals surface area contributed by atoms with Gasteiger partial charge in [-0.25, -0.2) is 0 Å². The molecule has 1 N–H and O–H groups in total. The van der Waals surface area contributed by atoms with Gasteiger partial charge in [0.15, 0.2) is 11.5 Å². The van der Waals surface area contributed by atoms with Crippen LogP contribution in [-0.2, 0) is 4.74 Å². The lowest BCUT2D eigenvalue weighted by molar-refractivity contribution is 0.0854. The van der Waals surface area contributed by atoms with Crippen LogP contribution in [0.1, 0.15) is 23.3 Å². The fourth-order valence-corrected chi connectivity index (χ4v) is 4.56. The molecular weight excluding hydrogens is 418 g/mol. The molecule has 2 aromatic carbocycles. The number of methoxy groups -OCH3 is 1. The normalized spacial score (nSPS) is 18.5. The fraction of sp³-hybridized carbons (Fsp3) is 0.400. The van der Waals surface area contributed by atoms with Gasteiger partial charge in [0.05, 0.1) is 13.2 Å². The summed E-state index contributed by atoms with van der Waals surface area (Å²) in [7, 11) is 1.68. The number of rotatable bonds is 6. The Morgan fingerprint density at radius 1 is 1.03 bits per heavy atom. The summed E-state index contributed by atoms with van der Waals surface area (Å²) in [6, 6.07) is 16.0. The largest absolute Gasteiger partial charge is 0.497 e. The Balaban J connectivity index is 1.30. The fourth-order valence-electron chi connectivity index (χ4n) is 4.56. The van der Waals surface area contributed by atoms with Gasteiger partial charge in [0.25, 0.3) is 5.91 Å². The Morgan fingerprint density at radius 3 is 2.45 bits per heavy atom. The molecular formula is C25H29N5O3. The summed E-state index contributed by atoms with van der Waals surface area (Å²) in [5.41, 5.74) is 1.55. The summed E-state index contributed by atoms with van der Waals surface area (Å²) < 4.78 is 10.9. The second-order valence-electron chi connectivity index (χ2n) is 8.43. The highest BCUT2D eigenvalue weighted by Crippen LogP contribution is 2.28. The highest BCUT2D eigenvalue weighted by Gasteiger charge is 2.24. The number of nitrogens with zero attached hydrogens (tertiary/aromatic N) is 4. The predicted octanol–water partition coefficient (Wildman–Crippen LogP) is 2.87. The van der Waals surface area contributed by atoms with Crippen molar-refractivity contribution in [3.05, 3.63) is 54.2 Å². The van der Waals surface area contributed by atoms with E-state index in [-0.39, 0.29) is 12.0 Å². The molecule has 2 aliphatic heterocycles. The van der Waals surface area contributed by atoms with Crippen LogP contribution >= 0.6 is 0 Å². The number of nitrogens with one attached hydrogen (secondary N) is 1. The molecule has 33 heavy (non-hydrogen) atoms. The van der Waals surface area contributed by atoms with E-state index < -0.39 is 0 Å². The molecule has 0 aliphatic carbocycles. The van der Waals surface area contributed by atoms with Gasteiger partial charge in [0, 0.05) is 55.8 Å². The average Bonchev–Trinajstić information content (AvgIpc) is 3.41. The number of carbonyl (C=O) groups excluding carboxylic acids is 1. The summed E-state index contributed by atoms with van der Waals surface area (Å²) in [5, 5.41) is 13.6. The van der Waals surface area contributed by atoms with Crippen molar-refractivity contribution in [2.75, 3.05) is 56.2 Å². The Bertz CT molecular complexity index is 1110. The molecule has 1 unspecified atom stereocenters. The minimum Gasteiger partial charge on any atom is -0.497 e. The second kappa shape index (κ2) is 9.62. The monoisotopic (exact) mass is 447 g/mol. The molecule has 8 nitrogen and oxygen atoms in total. The van der Waals surface area contributed by atoms with E-state index in [0.717, 1.165) is 68.0 Å². The van der Waals surface area contributed by atoms with E-state index in [1.807, 2.05) is 36.4 Å². The zero-order chi connectivity index (χ0) is 22.6. The van der Waals surface area contributed by atoms with Crippen molar-refractivity contribution in [3.8, 4) is 5.75 Å². The summed E-state index contributed by atoms with van der Waals surface area (Å²) in [4.78, 5) is 17.5. The third-order valence-corrected chi connectivity index (χ3v) is 6.41. The van der Waals surface area contributed by atoms with Crippen molar-refractivity contribution in [2.24, 2.45) is 0 Å². The number of fused-ring (bicyclic) bond motifs is 1. The second-order valence-corrected chi connectivity index (χ2v) is 8.43. The molecule has 1 aromatic heterocycles. The molecule has 5 rings (SSSR count). The number of carbonyl (C=O) groups is 1. The van der Waals surface area contributed by atoms with Gasteiger partial charge < -0.3 is 24.6 Å². The first kappa shape index (κ1) is 21.5. The number of ether oxygens (including phenoxy) is 2. The Labute approximate surface area is 193 Å². The average molecular weight is 448 g/mol. The van der Waals surface area contributed by atoms with Crippen molar-refractivity contribution < 1.29 is 14.3 Å². The molecule has 0 spiro atoms. The predicted molar refractivity (Wildman–Crippen MR) is 128 cm³/mol. The summed E-state index contributed by atoms with van der Waals surface area (Å²) in [6.45, 7) is 4.69. The van der Waals surface area contributed by atoms with Crippen LogP contribution in [0.15, 0.2) is 48.5 Å². The molecule has 172 valence electrons. The zero-order valence-corrected chi connectivity index (χ0v) is 18.9. The van der Waals surface area contributed by atoms with Crippen LogP contribution in [-0.4, -0.2) is 68.6 Å². The lowest BCUT2D eigenvalue weighted by atomic mass is 10.1. The lowest BCUT2D eigenvalue weighted by Crippen LogP contribution is -2.47. The van der Waals surface area contributed by atoms with Crippen LogP contribution in [0.2, 0.25) is 0 Å². The lowest BCUT2D eigenvalue weighted by Gasteiger charge is -2.37. The van der Waals surface area contributed by atoms with E-state index in [1.165, 1.54) is 5.69 Å². The van der Waals surface area contributed by atoms with Crippen LogP contribution in [0, 0.1) is 0 Å². The van der Waals surface area contributed by atoms with Crippen molar-refractivity contribution in [3.63, 3.8) is 0 Å². The van der Waals surface area contributed by atoms with E-state index in [0.29, 0.717) is 12.2 Å². The third kappa shape index (κ3) is 4.57. The number of benzene rings is 2. The summed E-state index contributed by atoms with van der Waals surface area (Å²) in [5.74, 6) is 1.49. The van der Waals surface area contributed by atoms with Crippen LogP contribution < -0.4 is 19.9 Å². The number of anilines is 2. The summed E-state index contributed by atoms with van der Waals surface area (Å²) >= 11 is 0. The standard InChI is InChI=1S/C25H29N5O3/c1-32-19-10-8-18(9-11-19)29-12-14-30(15-13-29)24-22-7-3-2-6-21(22)23(27-28-24)25(31)26-17-20-5-4-16-33-20/h2-3,6-11,20H,4-5,12-17H2,1H3,(H,26,31). The molecule has 1 atom stereocenters. The number of aromatic nitrogens is 2. The van der Waals surface area contributed by atoms with Crippen LogP contribution in [0.3, 0.4) is 0 Å². The Morgan fingerprint density at radius 2 is 1.76 bits per heavy atom. The molecule has 2 aliphatic rings. The van der Waals surface area contributed by atoms with E-state index in [9.17, 15) is 4.79 Å².